The van der Waals surface area contributed by atoms with Crippen molar-refractivity contribution in [2.24, 2.45) is 0 Å². The number of aryl methyl sites for hydroxylation is 2. The molecule has 0 aliphatic heterocycles. The summed E-state index contributed by atoms with van der Waals surface area (Å²) in [5.74, 6) is 0.805. The number of pyridine rings is 1. The first kappa shape index (κ1) is 11.4. The van der Waals surface area contributed by atoms with E-state index in [1.807, 2.05) is 24.3 Å². The molecule has 2 aromatic heterocycles. The summed E-state index contributed by atoms with van der Waals surface area (Å²) in [6, 6.07) is 15.9. The van der Waals surface area contributed by atoms with E-state index in [-0.39, 0.29) is 0 Å². The predicted octanol–water partition coefficient (Wildman–Crippen LogP) is 2.39. The standard InChI is InChI=1S/C15H12N4/c16-10-13-7-9-15-17-14(18-19(15)11-13)8-6-12-4-2-1-3-5-12/h1-5,7,9,11H,6,8H2. The molecular weight excluding hydrogens is 236 g/mol. The summed E-state index contributed by atoms with van der Waals surface area (Å²) in [5, 5.41) is 13.2. The fraction of sp³-hybridized carbons (Fsp3) is 0.133. The second-order valence-corrected chi connectivity index (χ2v) is 4.35. The molecule has 0 amide bonds. The van der Waals surface area contributed by atoms with Gasteiger partial charge >= 0.3 is 0 Å². The molecule has 3 rings (SSSR count). The Kier molecular flexibility index (Phi) is 2.95. The van der Waals surface area contributed by atoms with E-state index in [0.29, 0.717) is 5.56 Å². The molecule has 0 unspecified atom stereocenters. The van der Waals surface area contributed by atoms with Crippen LogP contribution >= 0.6 is 0 Å². The Hall–Kier alpha value is -2.67. The van der Waals surface area contributed by atoms with Gasteiger partial charge in [-0.3, -0.25) is 0 Å². The number of hydrogen-bond donors (Lipinski definition) is 0. The molecular formula is C15H12N4. The van der Waals surface area contributed by atoms with Crippen molar-refractivity contribution in [2.45, 2.75) is 12.8 Å². The molecule has 0 fully saturated rings. The highest BCUT2D eigenvalue weighted by Crippen LogP contribution is 2.07. The molecule has 0 atom stereocenters. The van der Waals surface area contributed by atoms with Crippen LogP contribution in [-0.2, 0) is 12.8 Å². The number of benzene rings is 1. The Balaban J connectivity index is 1.80. The minimum atomic E-state index is 0.590. The van der Waals surface area contributed by atoms with Crippen molar-refractivity contribution < 1.29 is 0 Å². The van der Waals surface area contributed by atoms with Gasteiger partial charge in [-0.05, 0) is 24.1 Å². The van der Waals surface area contributed by atoms with Crippen LogP contribution in [0.5, 0.6) is 0 Å². The Labute approximate surface area is 111 Å². The molecule has 1 aromatic carbocycles. The van der Waals surface area contributed by atoms with Crippen LogP contribution in [0, 0.1) is 11.3 Å². The number of nitrogens with zero attached hydrogens (tertiary/aromatic N) is 4. The monoisotopic (exact) mass is 248 g/mol. The van der Waals surface area contributed by atoms with Crippen LogP contribution < -0.4 is 0 Å². The van der Waals surface area contributed by atoms with Gasteiger partial charge in [0.2, 0.25) is 0 Å². The topological polar surface area (TPSA) is 54.0 Å². The maximum absolute atomic E-state index is 8.84. The molecule has 0 saturated carbocycles. The molecule has 0 aliphatic rings. The van der Waals surface area contributed by atoms with Crippen LogP contribution in [-0.4, -0.2) is 14.6 Å². The summed E-state index contributed by atoms with van der Waals surface area (Å²) >= 11 is 0. The Morgan fingerprint density at radius 2 is 1.89 bits per heavy atom. The zero-order valence-electron chi connectivity index (χ0n) is 10.3. The Bertz CT molecular complexity index is 738. The van der Waals surface area contributed by atoms with Crippen molar-refractivity contribution in [3.05, 3.63) is 65.6 Å². The SMILES string of the molecule is N#Cc1ccc2nc(CCc3ccccc3)nn2c1. The van der Waals surface area contributed by atoms with E-state index >= 15 is 0 Å². The first-order valence-corrected chi connectivity index (χ1v) is 6.14. The number of hydrogen-bond acceptors (Lipinski definition) is 3. The van der Waals surface area contributed by atoms with E-state index in [9.17, 15) is 0 Å². The molecule has 3 aromatic rings. The lowest BCUT2D eigenvalue weighted by Gasteiger charge is -1.96. The first-order valence-electron chi connectivity index (χ1n) is 6.14. The van der Waals surface area contributed by atoms with Gasteiger partial charge in [-0.2, -0.15) is 10.4 Å². The minimum absolute atomic E-state index is 0.590. The summed E-state index contributed by atoms with van der Waals surface area (Å²) in [5.41, 5.74) is 2.65. The lowest BCUT2D eigenvalue weighted by molar-refractivity contribution is 0.836. The van der Waals surface area contributed by atoms with Gasteiger partial charge in [0.25, 0.3) is 0 Å². The Morgan fingerprint density at radius 3 is 2.68 bits per heavy atom. The number of fused-ring (bicyclic) bond motifs is 1. The minimum Gasteiger partial charge on any atom is -0.220 e. The molecule has 0 radical (unpaired) electrons. The third-order valence-corrected chi connectivity index (χ3v) is 2.98. The third-order valence-electron chi connectivity index (χ3n) is 2.98. The second kappa shape index (κ2) is 4.91. The van der Waals surface area contributed by atoms with E-state index < -0.39 is 0 Å². The van der Waals surface area contributed by atoms with Crippen molar-refractivity contribution >= 4 is 5.65 Å². The lowest BCUT2D eigenvalue weighted by atomic mass is 10.1. The maximum Gasteiger partial charge on any atom is 0.155 e. The third kappa shape index (κ3) is 2.45. The van der Waals surface area contributed by atoms with E-state index in [0.717, 1.165) is 24.3 Å². The van der Waals surface area contributed by atoms with E-state index in [1.54, 1.807) is 16.8 Å². The molecule has 0 saturated heterocycles. The second-order valence-electron chi connectivity index (χ2n) is 4.35. The van der Waals surface area contributed by atoms with Gasteiger partial charge in [-0.15, -0.1) is 0 Å². The van der Waals surface area contributed by atoms with Gasteiger partial charge in [-0.25, -0.2) is 9.50 Å². The highest BCUT2D eigenvalue weighted by atomic mass is 15.3. The Morgan fingerprint density at radius 1 is 1.05 bits per heavy atom. The van der Waals surface area contributed by atoms with Gasteiger partial charge in [0, 0.05) is 12.6 Å². The van der Waals surface area contributed by atoms with Crippen molar-refractivity contribution in [3.63, 3.8) is 0 Å². The van der Waals surface area contributed by atoms with E-state index in [1.165, 1.54) is 5.56 Å². The van der Waals surface area contributed by atoms with Crippen LogP contribution in [0.2, 0.25) is 0 Å². The lowest BCUT2D eigenvalue weighted by Crippen LogP contribution is -1.94. The number of rotatable bonds is 3. The summed E-state index contributed by atoms with van der Waals surface area (Å²) in [6.45, 7) is 0. The van der Waals surface area contributed by atoms with Gasteiger partial charge in [-0.1, -0.05) is 30.3 Å². The van der Waals surface area contributed by atoms with Crippen LogP contribution in [0.1, 0.15) is 17.0 Å². The molecule has 0 bridgehead atoms. The molecule has 4 heteroatoms. The van der Waals surface area contributed by atoms with Crippen LogP contribution in [0.25, 0.3) is 5.65 Å². The summed E-state index contributed by atoms with van der Waals surface area (Å²) in [6.07, 6.45) is 3.42. The highest BCUT2D eigenvalue weighted by molar-refractivity contribution is 5.41. The first-order chi connectivity index (χ1) is 9.35. The fourth-order valence-electron chi connectivity index (χ4n) is 2.00. The molecule has 0 aliphatic carbocycles. The normalized spacial score (nSPS) is 10.5. The molecule has 19 heavy (non-hydrogen) atoms. The molecule has 4 nitrogen and oxygen atoms in total. The molecule has 92 valence electrons. The van der Waals surface area contributed by atoms with Crippen LogP contribution in [0.3, 0.4) is 0 Å². The predicted molar refractivity (Wildman–Crippen MR) is 71.6 cm³/mol. The number of nitriles is 1. The largest absolute Gasteiger partial charge is 0.220 e. The van der Waals surface area contributed by atoms with Crippen molar-refractivity contribution in [3.8, 4) is 6.07 Å². The molecule has 2 heterocycles. The quantitative estimate of drug-likeness (QED) is 0.715. The summed E-state index contributed by atoms with van der Waals surface area (Å²) in [7, 11) is 0. The van der Waals surface area contributed by atoms with Crippen LogP contribution in [0.15, 0.2) is 48.7 Å². The van der Waals surface area contributed by atoms with E-state index in [4.69, 9.17) is 5.26 Å². The maximum atomic E-state index is 8.84. The zero-order chi connectivity index (χ0) is 13.1. The van der Waals surface area contributed by atoms with Gasteiger partial charge in [0.05, 0.1) is 5.56 Å². The van der Waals surface area contributed by atoms with Gasteiger partial charge in [0.1, 0.15) is 6.07 Å². The van der Waals surface area contributed by atoms with Crippen molar-refractivity contribution in [2.75, 3.05) is 0 Å². The smallest absolute Gasteiger partial charge is 0.155 e. The summed E-state index contributed by atoms with van der Waals surface area (Å²) in [4.78, 5) is 4.45. The van der Waals surface area contributed by atoms with Crippen molar-refractivity contribution in [1.29, 1.82) is 5.26 Å². The average molecular weight is 248 g/mol. The van der Waals surface area contributed by atoms with Crippen LogP contribution in [0.4, 0.5) is 0 Å². The zero-order valence-corrected chi connectivity index (χ0v) is 10.3. The highest BCUT2D eigenvalue weighted by Gasteiger charge is 2.04. The fourth-order valence-corrected chi connectivity index (χ4v) is 2.00. The van der Waals surface area contributed by atoms with Gasteiger partial charge in [0.15, 0.2) is 11.5 Å². The van der Waals surface area contributed by atoms with E-state index in [2.05, 4.69) is 28.3 Å². The number of aromatic nitrogens is 3. The molecule has 0 N–H and O–H groups in total. The van der Waals surface area contributed by atoms with Gasteiger partial charge < -0.3 is 0 Å². The van der Waals surface area contributed by atoms with Crippen molar-refractivity contribution in [1.82, 2.24) is 14.6 Å². The average Bonchev–Trinajstić information content (AvgIpc) is 2.88. The summed E-state index contributed by atoms with van der Waals surface area (Å²) < 4.78 is 1.67. The molecule has 0 spiro atoms.